The molecule has 4 rings (SSSR count). The second kappa shape index (κ2) is 9.53. The lowest BCUT2D eigenvalue weighted by Gasteiger charge is -2.34. The zero-order valence-corrected chi connectivity index (χ0v) is 16.7. The Balaban J connectivity index is 1.46. The van der Waals surface area contributed by atoms with Gasteiger partial charge in [0, 0.05) is 19.1 Å². The van der Waals surface area contributed by atoms with Crippen LogP contribution in [0.2, 0.25) is 0 Å². The molecule has 3 nitrogen and oxygen atoms in total. The van der Waals surface area contributed by atoms with Gasteiger partial charge in [-0.05, 0) is 36.1 Å². The van der Waals surface area contributed by atoms with Crippen molar-refractivity contribution >= 4 is 5.91 Å². The molecule has 0 saturated carbocycles. The van der Waals surface area contributed by atoms with Crippen LogP contribution in [0.1, 0.15) is 35.4 Å². The van der Waals surface area contributed by atoms with Crippen LogP contribution in [0.15, 0.2) is 91.0 Å². The van der Waals surface area contributed by atoms with Crippen molar-refractivity contribution in [2.24, 2.45) is 0 Å². The van der Waals surface area contributed by atoms with Crippen molar-refractivity contribution in [1.29, 1.82) is 0 Å². The summed E-state index contributed by atoms with van der Waals surface area (Å²) in [6.07, 6.45) is 2.15. The van der Waals surface area contributed by atoms with E-state index in [0.717, 1.165) is 43.6 Å². The summed E-state index contributed by atoms with van der Waals surface area (Å²) >= 11 is 0. The molecule has 0 bridgehead atoms. The van der Waals surface area contributed by atoms with E-state index in [1.54, 1.807) is 0 Å². The first-order valence-electron chi connectivity index (χ1n) is 10.5. The molecule has 3 heteroatoms. The molecule has 1 saturated heterocycles. The van der Waals surface area contributed by atoms with Crippen LogP contribution in [0.4, 0.5) is 0 Å². The minimum Gasteiger partial charge on any atom is -0.351 e. The first-order valence-corrected chi connectivity index (χ1v) is 10.5. The monoisotopic (exact) mass is 384 g/mol. The number of nitrogens with zero attached hydrogens (tertiary/aromatic N) is 1. The highest BCUT2D eigenvalue weighted by atomic mass is 16.2. The van der Waals surface area contributed by atoms with Crippen LogP contribution < -0.4 is 5.32 Å². The molecule has 0 unspecified atom stereocenters. The predicted molar refractivity (Wildman–Crippen MR) is 118 cm³/mol. The molecule has 29 heavy (non-hydrogen) atoms. The molecule has 1 heterocycles. The molecule has 0 spiro atoms. The van der Waals surface area contributed by atoms with Gasteiger partial charge in [-0.25, -0.2) is 0 Å². The second-order valence-corrected chi connectivity index (χ2v) is 7.82. The van der Waals surface area contributed by atoms with Gasteiger partial charge in [0.2, 0.25) is 5.91 Å². The number of nitrogens with one attached hydrogen (secondary N) is 1. The highest BCUT2D eigenvalue weighted by Crippen LogP contribution is 2.25. The van der Waals surface area contributed by atoms with Crippen LogP contribution in [0.5, 0.6) is 0 Å². The number of carbonyl (C=O) groups excluding carboxylic acids is 1. The van der Waals surface area contributed by atoms with Gasteiger partial charge < -0.3 is 5.32 Å². The summed E-state index contributed by atoms with van der Waals surface area (Å²) in [5.41, 5.74) is 3.40. The van der Waals surface area contributed by atoms with Gasteiger partial charge in [0.05, 0.1) is 5.92 Å². The van der Waals surface area contributed by atoms with E-state index < -0.39 is 0 Å². The van der Waals surface area contributed by atoms with Crippen molar-refractivity contribution in [2.75, 3.05) is 13.1 Å². The summed E-state index contributed by atoms with van der Waals surface area (Å²) in [4.78, 5) is 15.8. The summed E-state index contributed by atoms with van der Waals surface area (Å²) in [5.74, 6) is -0.184. The lowest BCUT2D eigenvalue weighted by Crippen LogP contribution is -2.48. The van der Waals surface area contributed by atoms with Gasteiger partial charge in [-0.1, -0.05) is 91.0 Å². The Kier molecular flexibility index (Phi) is 6.38. The Morgan fingerprint density at radius 1 is 0.862 bits per heavy atom. The standard InChI is InChI=1S/C26H28N2O/c29-26(25(22-13-6-2-7-14-22)23-15-8-3-9-16-23)27-24-17-10-18-28(20-24)19-21-11-4-1-5-12-21/h1-9,11-16,24-25H,10,17-20H2,(H,27,29)/t24-/m1/s1. The summed E-state index contributed by atoms with van der Waals surface area (Å²) in [6.45, 7) is 2.92. The summed E-state index contributed by atoms with van der Waals surface area (Å²) < 4.78 is 0. The van der Waals surface area contributed by atoms with Gasteiger partial charge in [0.25, 0.3) is 0 Å². The number of carbonyl (C=O) groups is 1. The minimum absolute atomic E-state index is 0.0916. The van der Waals surface area contributed by atoms with E-state index in [4.69, 9.17) is 0 Å². The maximum absolute atomic E-state index is 13.3. The van der Waals surface area contributed by atoms with Crippen molar-refractivity contribution < 1.29 is 4.79 Å². The molecule has 3 aromatic rings. The van der Waals surface area contributed by atoms with Crippen LogP contribution >= 0.6 is 0 Å². The van der Waals surface area contributed by atoms with Crippen molar-refractivity contribution in [1.82, 2.24) is 10.2 Å². The maximum atomic E-state index is 13.3. The molecular weight excluding hydrogens is 356 g/mol. The Morgan fingerprint density at radius 2 is 1.41 bits per heavy atom. The van der Waals surface area contributed by atoms with Crippen LogP contribution in [0.3, 0.4) is 0 Å². The molecule has 3 aromatic carbocycles. The molecule has 1 amide bonds. The van der Waals surface area contributed by atoms with Gasteiger partial charge in [-0.3, -0.25) is 9.69 Å². The van der Waals surface area contributed by atoms with E-state index in [-0.39, 0.29) is 17.9 Å². The Bertz CT molecular complexity index is 856. The summed E-state index contributed by atoms with van der Waals surface area (Å²) in [5, 5.41) is 3.35. The Labute approximate surface area is 173 Å². The number of piperidine rings is 1. The van der Waals surface area contributed by atoms with Crippen LogP contribution in [-0.4, -0.2) is 29.9 Å². The molecule has 0 aliphatic carbocycles. The van der Waals surface area contributed by atoms with Crippen molar-refractivity contribution in [2.45, 2.75) is 31.3 Å². The number of hydrogen-bond acceptors (Lipinski definition) is 2. The number of amides is 1. The summed E-state index contributed by atoms with van der Waals surface area (Å²) in [7, 11) is 0. The van der Waals surface area contributed by atoms with E-state index in [9.17, 15) is 4.79 Å². The molecular formula is C26H28N2O. The van der Waals surface area contributed by atoms with Gasteiger partial charge in [-0.15, -0.1) is 0 Å². The number of hydrogen-bond donors (Lipinski definition) is 1. The van der Waals surface area contributed by atoms with E-state index >= 15 is 0 Å². The topological polar surface area (TPSA) is 32.3 Å². The highest BCUT2D eigenvalue weighted by Gasteiger charge is 2.27. The summed E-state index contributed by atoms with van der Waals surface area (Å²) in [6, 6.07) is 30.9. The first-order chi connectivity index (χ1) is 14.3. The molecule has 1 aliphatic heterocycles. The van der Waals surface area contributed by atoms with Gasteiger partial charge in [0.1, 0.15) is 0 Å². The SMILES string of the molecule is O=C(N[C@@H]1CCCN(Cc2ccccc2)C1)C(c1ccccc1)c1ccccc1. The lowest BCUT2D eigenvalue weighted by atomic mass is 9.90. The van der Waals surface area contributed by atoms with Gasteiger partial charge in [-0.2, -0.15) is 0 Å². The van der Waals surface area contributed by atoms with E-state index in [1.807, 2.05) is 60.7 Å². The molecule has 1 N–H and O–H groups in total. The van der Waals surface area contributed by atoms with Crippen molar-refractivity contribution in [3.8, 4) is 0 Å². The third kappa shape index (κ3) is 5.12. The molecule has 1 aliphatic rings. The third-order valence-corrected chi connectivity index (χ3v) is 5.63. The molecule has 148 valence electrons. The largest absolute Gasteiger partial charge is 0.351 e. The smallest absolute Gasteiger partial charge is 0.232 e. The zero-order valence-electron chi connectivity index (χ0n) is 16.7. The van der Waals surface area contributed by atoms with Gasteiger partial charge >= 0.3 is 0 Å². The number of likely N-dealkylation sites (tertiary alicyclic amines) is 1. The molecule has 0 radical (unpaired) electrons. The number of benzene rings is 3. The molecule has 1 atom stereocenters. The average molecular weight is 385 g/mol. The fraction of sp³-hybridized carbons (Fsp3) is 0.269. The highest BCUT2D eigenvalue weighted by molar-refractivity contribution is 5.87. The maximum Gasteiger partial charge on any atom is 0.232 e. The Morgan fingerprint density at radius 3 is 2.00 bits per heavy atom. The Hall–Kier alpha value is -2.91. The number of rotatable bonds is 6. The van der Waals surface area contributed by atoms with Crippen LogP contribution in [-0.2, 0) is 11.3 Å². The fourth-order valence-electron chi connectivity index (χ4n) is 4.23. The lowest BCUT2D eigenvalue weighted by molar-refractivity contribution is -0.122. The fourth-order valence-corrected chi connectivity index (χ4v) is 4.23. The average Bonchev–Trinajstić information content (AvgIpc) is 2.76. The van der Waals surface area contributed by atoms with Crippen molar-refractivity contribution in [3.63, 3.8) is 0 Å². The van der Waals surface area contributed by atoms with Crippen LogP contribution in [0.25, 0.3) is 0 Å². The third-order valence-electron chi connectivity index (χ3n) is 5.63. The molecule has 0 aromatic heterocycles. The first kappa shape index (κ1) is 19.4. The van der Waals surface area contributed by atoms with E-state index in [0.29, 0.717) is 0 Å². The zero-order chi connectivity index (χ0) is 19.9. The van der Waals surface area contributed by atoms with Gasteiger partial charge in [0.15, 0.2) is 0 Å². The molecule has 1 fully saturated rings. The van der Waals surface area contributed by atoms with E-state index in [2.05, 4.69) is 40.5 Å². The minimum atomic E-state index is -0.276. The van der Waals surface area contributed by atoms with Crippen LogP contribution in [0, 0.1) is 0 Å². The second-order valence-electron chi connectivity index (χ2n) is 7.82. The predicted octanol–water partition coefficient (Wildman–Crippen LogP) is 4.60. The quantitative estimate of drug-likeness (QED) is 0.674. The van der Waals surface area contributed by atoms with E-state index in [1.165, 1.54) is 5.56 Å². The normalized spacial score (nSPS) is 17.2. The van der Waals surface area contributed by atoms with Crippen molar-refractivity contribution in [3.05, 3.63) is 108 Å².